The summed E-state index contributed by atoms with van der Waals surface area (Å²) >= 11 is 6.42. The number of ether oxygens (including phenoxy) is 1. The van der Waals surface area contributed by atoms with Crippen molar-refractivity contribution in [2.24, 2.45) is 0 Å². The molecule has 0 aromatic carbocycles. The van der Waals surface area contributed by atoms with Crippen LogP contribution < -0.4 is 0 Å². The zero-order chi connectivity index (χ0) is 12.4. The minimum atomic E-state index is 0.206. The van der Waals surface area contributed by atoms with Gasteiger partial charge < -0.3 is 4.74 Å². The highest BCUT2D eigenvalue weighted by atomic mass is 35.5. The number of nitrogens with zero attached hydrogens (tertiary/aromatic N) is 2. The summed E-state index contributed by atoms with van der Waals surface area (Å²) in [5, 5.41) is 4.95. The third kappa shape index (κ3) is 2.57. The molecule has 1 saturated carbocycles. The third-order valence-corrected chi connectivity index (χ3v) is 4.63. The molecule has 1 saturated heterocycles. The molecular weight excluding hydrogens is 248 g/mol. The summed E-state index contributed by atoms with van der Waals surface area (Å²) in [7, 11) is 0. The van der Waals surface area contributed by atoms with Crippen molar-refractivity contribution in [2.45, 2.75) is 62.5 Å². The van der Waals surface area contributed by atoms with Gasteiger partial charge in [0, 0.05) is 12.8 Å². The SMILES string of the molecule is ClC1CCCCC1n1ccc(C2CCCCO2)n1. The van der Waals surface area contributed by atoms with E-state index in [0.717, 1.165) is 31.6 Å². The first-order chi connectivity index (χ1) is 8.84. The molecule has 3 unspecified atom stereocenters. The van der Waals surface area contributed by atoms with Gasteiger partial charge in [-0.1, -0.05) is 12.8 Å². The van der Waals surface area contributed by atoms with Gasteiger partial charge in [-0.05, 0) is 38.2 Å². The van der Waals surface area contributed by atoms with Gasteiger partial charge in [-0.2, -0.15) is 5.10 Å². The average Bonchev–Trinajstić information content (AvgIpc) is 2.90. The van der Waals surface area contributed by atoms with E-state index in [2.05, 4.69) is 16.9 Å². The van der Waals surface area contributed by atoms with Gasteiger partial charge in [-0.15, -0.1) is 11.6 Å². The summed E-state index contributed by atoms with van der Waals surface area (Å²) in [5.41, 5.74) is 1.09. The van der Waals surface area contributed by atoms with Crippen molar-refractivity contribution >= 4 is 11.6 Å². The molecule has 0 bridgehead atoms. The minimum absolute atomic E-state index is 0.206. The fourth-order valence-corrected chi connectivity index (χ4v) is 3.44. The summed E-state index contributed by atoms with van der Waals surface area (Å²) in [6.07, 6.45) is 10.6. The molecule has 0 amide bonds. The lowest BCUT2D eigenvalue weighted by Crippen LogP contribution is -2.24. The molecule has 2 fully saturated rings. The molecule has 18 heavy (non-hydrogen) atoms. The van der Waals surface area contributed by atoms with E-state index >= 15 is 0 Å². The summed E-state index contributed by atoms with van der Waals surface area (Å²) < 4.78 is 7.86. The highest BCUT2D eigenvalue weighted by Gasteiger charge is 2.26. The monoisotopic (exact) mass is 268 g/mol. The first kappa shape index (κ1) is 12.5. The second kappa shape index (κ2) is 5.62. The minimum Gasteiger partial charge on any atom is -0.372 e. The van der Waals surface area contributed by atoms with Crippen molar-refractivity contribution in [3.8, 4) is 0 Å². The molecular formula is C14H21ClN2O. The lowest BCUT2D eigenvalue weighted by molar-refractivity contribution is 0.0117. The molecule has 0 spiro atoms. The molecule has 100 valence electrons. The Labute approximate surface area is 113 Å². The second-order valence-corrected chi connectivity index (χ2v) is 6.00. The third-order valence-electron chi connectivity index (χ3n) is 4.13. The summed E-state index contributed by atoms with van der Waals surface area (Å²) in [6.45, 7) is 0.874. The standard InChI is InChI=1S/C14H21ClN2O/c15-11-5-1-2-6-13(11)17-9-8-12(16-17)14-7-3-4-10-18-14/h8-9,11,13-14H,1-7,10H2. The van der Waals surface area contributed by atoms with Gasteiger partial charge in [0.2, 0.25) is 0 Å². The first-order valence-electron chi connectivity index (χ1n) is 7.15. The van der Waals surface area contributed by atoms with Crippen molar-refractivity contribution < 1.29 is 4.74 Å². The van der Waals surface area contributed by atoms with Gasteiger partial charge in [0.1, 0.15) is 6.10 Å². The predicted molar refractivity (Wildman–Crippen MR) is 71.9 cm³/mol. The van der Waals surface area contributed by atoms with Gasteiger partial charge in [-0.3, -0.25) is 4.68 Å². The Balaban J connectivity index is 1.71. The lowest BCUT2D eigenvalue weighted by atomic mass is 9.95. The molecule has 3 atom stereocenters. The zero-order valence-electron chi connectivity index (χ0n) is 10.7. The highest BCUT2D eigenvalue weighted by molar-refractivity contribution is 6.21. The Bertz CT molecular complexity index is 387. The second-order valence-electron chi connectivity index (χ2n) is 5.44. The molecule has 2 heterocycles. The maximum atomic E-state index is 6.42. The van der Waals surface area contributed by atoms with Crippen molar-refractivity contribution in [1.29, 1.82) is 0 Å². The van der Waals surface area contributed by atoms with Gasteiger partial charge in [0.15, 0.2) is 0 Å². The van der Waals surface area contributed by atoms with Crippen LogP contribution in [-0.4, -0.2) is 21.8 Å². The Morgan fingerprint density at radius 1 is 1.17 bits per heavy atom. The van der Waals surface area contributed by atoms with Crippen molar-refractivity contribution in [1.82, 2.24) is 9.78 Å². The number of aromatic nitrogens is 2. The van der Waals surface area contributed by atoms with E-state index in [1.54, 1.807) is 0 Å². The molecule has 1 aliphatic carbocycles. The van der Waals surface area contributed by atoms with Crippen LogP contribution in [-0.2, 0) is 4.74 Å². The maximum Gasteiger partial charge on any atom is 0.101 e. The van der Waals surface area contributed by atoms with E-state index in [1.807, 2.05) is 0 Å². The van der Waals surface area contributed by atoms with E-state index in [4.69, 9.17) is 21.4 Å². The van der Waals surface area contributed by atoms with E-state index in [1.165, 1.54) is 25.7 Å². The Morgan fingerprint density at radius 2 is 2.00 bits per heavy atom. The molecule has 0 N–H and O–H groups in total. The molecule has 1 aliphatic heterocycles. The topological polar surface area (TPSA) is 27.1 Å². The van der Waals surface area contributed by atoms with Crippen LogP contribution in [0.15, 0.2) is 12.3 Å². The quantitative estimate of drug-likeness (QED) is 0.762. The van der Waals surface area contributed by atoms with Gasteiger partial charge in [-0.25, -0.2) is 0 Å². The van der Waals surface area contributed by atoms with E-state index < -0.39 is 0 Å². The van der Waals surface area contributed by atoms with E-state index in [-0.39, 0.29) is 11.5 Å². The van der Waals surface area contributed by atoms with Gasteiger partial charge in [0.05, 0.1) is 17.1 Å². The van der Waals surface area contributed by atoms with Crippen LogP contribution in [0.4, 0.5) is 0 Å². The Kier molecular flexibility index (Phi) is 3.90. The van der Waals surface area contributed by atoms with E-state index in [0.29, 0.717) is 6.04 Å². The smallest absolute Gasteiger partial charge is 0.101 e. The molecule has 2 aliphatic rings. The van der Waals surface area contributed by atoms with Crippen LogP contribution in [0, 0.1) is 0 Å². The summed E-state index contributed by atoms with van der Waals surface area (Å²) in [4.78, 5) is 0. The summed E-state index contributed by atoms with van der Waals surface area (Å²) in [5.74, 6) is 0. The largest absolute Gasteiger partial charge is 0.372 e. The number of hydrogen-bond donors (Lipinski definition) is 0. The van der Waals surface area contributed by atoms with E-state index in [9.17, 15) is 0 Å². The molecule has 1 aromatic rings. The number of alkyl halides is 1. The molecule has 1 aromatic heterocycles. The highest BCUT2D eigenvalue weighted by Crippen LogP contribution is 2.33. The molecule has 0 radical (unpaired) electrons. The fourth-order valence-electron chi connectivity index (χ4n) is 3.05. The van der Waals surface area contributed by atoms with Crippen LogP contribution in [0.1, 0.15) is 62.8 Å². The maximum absolute atomic E-state index is 6.42. The average molecular weight is 269 g/mol. The van der Waals surface area contributed by atoms with Crippen LogP contribution >= 0.6 is 11.6 Å². The Hall–Kier alpha value is -0.540. The van der Waals surface area contributed by atoms with Gasteiger partial charge >= 0.3 is 0 Å². The van der Waals surface area contributed by atoms with Crippen molar-refractivity contribution in [2.75, 3.05) is 6.61 Å². The van der Waals surface area contributed by atoms with Crippen molar-refractivity contribution in [3.05, 3.63) is 18.0 Å². The summed E-state index contributed by atoms with van der Waals surface area (Å²) in [6, 6.07) is 2.48. The first-order valence-corrected chi connectivity index (χ1v) is 7.59. The molecule has 3 rings (SSSR count). The van der Waals surface area contributed by atoms with Crippen LogP contribution in [0.2, 0.25) is 0 Å². The van der Waals surface area contributed by atoms with Gasteiger partial charge in [0.25, 0.3) is 0 Å². The van der Waals surface area contributed by atoms with Crippen molar-refractivity contribution in [3.63, 3.8) is 0 Å². The molecule has 4 heteroatoms. The number of hydrogen-bond acceptors (Lipinski definition) is 2. The predicted octanol–water partition coefficient (Wildman–Crippen LogP) is 3.85. The normalized spacial score (nSPS) is 33.5. The van der Waals surface area contributed by atoms with Crippen LogP contribution in [0.25, 0.3) is 0 Å². The van der Waals surface area contributed by atoms with Crippen LogP contribution in [0.5, 0.6) is 0 Å². The zero-order valence-corrected chi connectivity index (χ0v) is 11.5. The van der Waals surface area contributed by atoms with Crippen LogP contribution in [0.3, 0.4) is 0 Å². The molecule has 3 nitrogen and oxygen atoms in total. The number of rotatable bonds is 2. The Morgan fingerprint density at radius 3 is 2.78 bits per heavy atom. The number of halogens is 1. The lowest BCUT2D eigenvalue weighted by Gasteiger charge is -2.27. The fraction of sp³-hybridized carbons (Fsp3) is 0.786.